The van der Waals surface area contributed by atoms with E-state index in [1.54, 1.807) is 42.7 Å². The third kappa shape index (κ3) is 4.89. The van der Waals surface area contributed by atoms with Gasteiger partial charge in [-0.2, -0.15) is 0 Å². The van der Waals surface area contributed by atoms with Crippen molar-refractivity contribution in [1.29, 1.82) is 0 Å². The molecule has 0 spiro atoms. The molecule has 1 aromatic heterocycles. The molecule has 0 saturated heterocycles. The van der Waals surface area contributed by atoms with Crippen molar-refractivity contribution in [3.63, 3.8) is 0 Å². The number of hydrogen-bond donors (Lipinski definition) is 3. The summed E-state index contributed by atoms with van der Waals surface area (Å²) in [4.78, 5) is 24.5. The fourth-order valence-corrected chi connectivity index (χ4v) is 2.64. The van der Waals surface area contributed by atoms with Crippen molar-refractivity contribution >= 4 is 23.4 Å². The minimum absolute atomic E-state index is 0.0924. The summed E-state index contributed by atoms with van der Waals surface area (Å²) in [6.07, 6.45) is 1.54. The molecule has 0 radical (unpaired) electrons. The molecule has 0 aliphatic carbocycles. The first-order valence-corrected chi connectivity index (χ1v) is 8.57. The molecular formula is C20H17ClN2O4. The molecule has 0 aliphatic heterocycles. The van der Waals surface area contributed by atoms with E-state index in [0.29, 0.717) is 22.9 Å². The summed E-state index contributed by atoms with van der Waals surface area (Å²) in [5, 5.41) is 15.6. The van der Waals surface area contributed by atoms with Crippen LogP contribution in [0.1, 0.15) is 32.0 Å². The van der Waals surface area contributed by atoms with Crippen LogP contribution in [0.25, 0.3) is 0 Å². The number of carbonyl (C=O) groups is 2. The number of benzene rings is 2. The van der Waals surface area contributed by atoms with Crippen molar-refractivity contribution in [1.82, 2.24) is 10.6 Å². The highest BCUT2D eigenvalue weighted by Crippen LogP contribution is 2.21. The Bertz CT molecular complexity index is 954. The molecule has 0 fully saturated rings. The van der Waals surface area contributed by atoms with Gasteiger partial charge in [0.25, 0.3) is 11.8 Å². The van der Waals surface area contributed by atoms with E-state index in [1.165, 1.54) is 18.2 Å². The highest BCUT2D eigenvalue weighted by Gasteiger charge is 2.12. The molecule has 0 unspecified atom stereocenters. The quantitative estimate of drug-likeness (QED) is 0.606. The van der Waals surface area contributed by atoms with Crippen molar-refractivity contribution in [3.05, 3.63) is 88.3 Å². The smallest absolute Gasteiger partial charge is 0.255 e. The lowest BCUT2D eigenvalue weighted by Crippen LogP contribution is -2.24. The van der Waals surface area contributed by atoms with Gasteiger partial charge in [0.1, 0.15) is 11.5 Å². The molecule has 0 saturated carbocycles. The van der Waals surface area contributed by atoms with Crippen LogP contribution in [-0.2, 0) is 13.1 Å². The number of phenolic OH excluding ortho intramolecular Hbond substituents is 1. The molecule has 27 heavy (non-hydrogen) atoms. The van der Waals surface area contributed by atoms with Crippen LogP contribution in [0.5, 0.6) is 5.75 Å². The third-order valence-electron chi connectivity index (χ3n) is 3.85. The number of halogens is 1. The number of rotatable bonds is 6. The van der Waals surface area contributed by atoms with E-state index in [0.717, 1.165) is 5.56 Å². The topological polar surface area (TPSA) is 91.6 Å². The number of phenols is 1. The number of aromatic hydroxyl groups is 1. The summed E-state index contributed by atoms with van der Waals surface area (Å²) in [5.41, 5.74) is 1.31. The monoisotopic (exact) mass is 384 g/mol. The maximum Gasteiger partial charge on any atom is 0.255 e. The van der Waals surface area contributed by atoms with Gasteiger partial charge in [0.05, 0.1) is 18.4 Å². The lowest BCUT2D eigenvalue weighted by molar-refractivity contribution is 0.0942. The minimum Gasteiger partial charge on any atom is -0.507 e. The number of hydrogen-bond acceptors (Lipinski definition) is 4. The van der Waals surface area contributed by atoms with Gasteiger partial charge in [-0.3, -0.25) is 9.59 Å². The predicted octanol–water partition coefficient (Wildman–Crippen LogP) is 3.50. The van der Waals surface area contributed by atoms with Gasteiger partial charge in [0, 0.05) is 17.1 Å². The van der Waals surface area contributed by atoms with E-state index in [1.807, 2.05) is 0 Å². The van der Waals surface area contributed by atoms with Gasteiger partial charge in [0.15, 0.2) is 0 Å². The Morgan fingerprint density at radius 1 is 0.963 bits per heavy atom. The van der Waals surface area contributed by atoms with Crippen molar-refractivity contribution < 1.29 is 19.1 Å². The first-order chi connectivity index (χ1) is 13.0. The molecule has 1 heterocycles. The summed E-state index contributed by atoms with van der Waals surface area (Å²) >= 11 is 5.86. The van der Waals surface area contributed by atoms with Crippen molar-refractivity contribution in [2.45, 2.75) is 13.1 Å². The highest BCUT2D eigenvalue weighted by molar-refractivity contribution is 6.31. The van der Waals surface area contributed by atoms with E-state index in [4.69, 9.17) is 16.0 Å². The van der Waals surface area contributed by atoms with Crippen molar-refractivity contribution in [2.75, 3.05) is 0 Å². The van der Waals surface area contributed by atoms with Gasteiger partial charge >= 0.3 is 0 Å². The van der Waals surface area contributed by atoms with Crippen LogP contribution in [0.15, 0.2) is 65.3 Å². The normalized spacial score (nSPS) is 10.4. The van der Waals surface area contributed by atoms with Crippen LogP contribution in [0.3, 0.4) is 0 Å². The second kappa shape index (κ2) is 8.42. The zero-order chi connectivity index (χ0) is 19.2. The Labute approximate surface area is 160 Å². The SMILES string of the molecule is O=C(NCc1ccco1)c1cccc(CNC(=O)c2cc(Cl)ccc2O)c1. The Balaban J connectivity index is 1.61. The summed E-state index contributed by atoms with van der Waals surface area (Å²) < 4.78 is 5.18. The van der Waals surface area contributed by atoms with Gasteiger partial charge in [-0.15, -0.1) is 0 Å². The van der Waals surface area contributed by atoms with Crippen LogP contribution in [-0.4, -0.2) is 16.9 Å². The number of carbonyl (C=O) groups excluding carboxylic acids is 2. The zero-order valence-electron chi connectivity index (χ0n) is 14.2. The average molecular weight is 385 g/mol. The van der Waals surface area contributed by atoms with Gasteiger partial charge in [-0.05, 0) is 48.0 Å². The van der Waals surface area contributed by atoms with Gasteiger partial charge in [-0.1, -0.05) is 23.7 Å². The van der Waals surface area contributed by atoms with Crippen molar-refractivity contribution in [3.8, 4) is 5.75 Å². The van der Waals surface area contributed by atoms with Crippen LogP contribution < -0.4 is 10.6 Å². The highest BCUT2D eigenvalue weighted by atomic mass is 35.5. The Morgan fingerprint density at radius 3 is 2.56 bits per heavy atom. The predicted molar refractivity (Wildman–Crippen MR) is 101 cm³/mol. The molecule has 138 valence electrons. The zero-order valence-corrected chi connectivity index (χ0v) is 15.0. The van der Waals surface area contributed by atoms with Crippen LogP contribution in [0.2, 0.25) is 5.02 Å². The maximum atomic E-state index is 12.2. The minimum atomic E-state index is -0.456. The fraction of sp³-hybridized carbons (Fsp3) is 0.100. The number of furan rings is 1. The fourth-order valence-electron chi connectivity index (χ4n) is 2.47. The number of nitrogens with one attached hydrogen (secondary N) is 2. The lowest BCUT2D eigenvalue weighted by atomic mass is 10.1. The summed E-state index contributed by atoms with van der Waals surface area (Å²) in [6.45, 7) is 0.491. The van der Waals surface area contributed by atoms with Gasteiger partial charge < -0.3 is 20.2 Å². The van der Waals surface area contributed by atoms with Crippen LogP contribution in [0, 0.1) is 0 Å². The molecule has 0 aliphatic rings. The third-order valence-corrected chi connectivity index (χ3v) is 4.08. The van der Waals surface area contributed by atoms with E-state index in [2.05, 4.69) is 10.6 Å². The maximum absolute atomic E-state index is 12.2. The summed E-state index contributed by atoms with van der Waals surface area (Å²) in [5.74, 6) is -0.189. The summed E-state index contributed by atoms with van der Waals surface area (Å²) in [6, 6.07) is 14.7. The molecule has 6 nitrogen and oxygen atoms in total. The molecule has 2 amide bonds. The Hall–Kier alpha value is -3.25. The Morgan fingerprint density at radius 2 is 1.78 bits per heavy atom. The van der Waals surface area contributed by atoms with Crippen LogP contribution in [0.4, 0.5) is 0 Å². The molecule has 3 aromatic rings. The second-order valence-electron chi connectivity index (χ2n) is 5.81. The molecule has 0 bridgehead atoms. The molecule has 0 atom stereocenters. The summed E-state index contributed by atoms with van der Waals surface area (Å²) in [7, 11) is 0. The van der Waals surface area contributed by atoms with E-state index in [-0.39, 0.29) is 23.8 Å². The standard InChI is InChI=1S/C20H17ClN2O4/c21-15-6-7-18(24)17(10-15)20(26)22-11-13-3-1-4-14(9-13)19(25)23-12-16-5-2-8-27-16/h1-10,24H,11-12H2,(H,22,26)(H,23,25). The Kier molecular flexibility index (Phi) is 5.78. The molecule has 3 rings (SSSR count). The van der Waals surface area contributed by atoms with Crippen LogP contribution >= 0.6 is 11.6 Å². The van der Waals surface area contributed by atoms with E-state index in [9.17, 15) is 14.7 Å². The second-order valence-corrected chi connectivity index (χ2v) is 6.24. The lowest BCUT2D eigenvalue weighted by Gasteiger charge is -2.09. The molecule has 7 heteroatoms. The largest absolute Gasteiger partial charge is 0.507 e. The number of amides is 2. The van der Waals surface area contributed by atoms with E-state index < -0.39 is 5.91 Å². The average Bonchev–Trinajstić information content (AvgIpc) is 3.20. The molecule has 3 N–H and O–H groups in total. The first-order valence-electron chi connectivity index (χ1n) is 8.19. The molecule has 2 aromatic carbocycles. The van der Waals surface area contributed by atoms with Crippen molar-refractivity contribution in [2.24, 2.45) is 0 Å². The van der Waals surface area contributed by atoms with Gasteiger partial charge in [-0.25, -0.2) is 0 Å². The first kappa shape index (κ1) is 18.5. The van der Waals surface area contributed by atoms with Gasteiger partial charge in [0.2, 0.25) is 0 Å². The molecular weight excluding hydrogens is 368 g/mol. The van der Waals surface area contributed by atoms with E-state index >= 15 is 0 Å².